The fourth-order valence-electron chi connectivity index (χ4n) is 1.69. The lowest BCUT2D eigenvalue weighted by Crippen LogP contribution is -2.22. The van der Waals surface area contributed by atoms with Gasteiger partial charge in [0.05, 0.1) is 26.4 Å². The Morgan fingerprint density at radius 2 is 1.55 bits per heavy atom. The maximum atomic E-state index is 5.73. The topological polar surface area (TPSA) is 62.9 Å². The molecule has 0 aromatic heterocycles. The van der Waals surface area contributed by atoms with E-state index in [9.17, 15) is 0 Å². The lowest BCUT2D eigenvalue weighted by Gasteiger charge is -2.20. The van der Waals surface area contributed by atoms with Crippen molar-refractivity contribution in [3.8, 4) is 17.2 Å². The van der Waals surface area contributed by atoms with Crippen molar-refractivity contribution in [1.29, 1.82) is 0 Å². The van der Waals surface area contributed by atoms with Crippen LogP contribution >= 0.6 is 0 Å². The molecule has 0 aliphatic rings. The molecule has 0 radical (unpaired) electrons. The summed E-state index contributed by atoms with van der Waals surface area (Å²) in [4.78, 5) is 0. The van der Waals surface area contributed by atoms with Crippen LogP contribution in [0.2, 0.25) is 0 Å². The van der Waals surface area contributed by atoms with Gasteiger partial charge in [0.15, 0.2) is 11.5 Å². The first-order chi connectivity index (χ1) is 9.41. The zero-order chi connectivity index (χ0) is 15.2. The molecule has 0 saturated heterocycles. The molecule has 0 spiro atoms. The molecule has 1 aromatic carbocycles. The Labute approximate surface area is 121 Å². The van der Waals surface area contributed by atoms with Crippen molar-refractivity contribution in [1.82, 2.24) is 0 Å². The number of hydrogen-bond donors (Lipinski definition) is 1. The van der Waals surface area contributed by atoms with Crippen molar-refractivity contribution >= 4 is 0 Å². The van der Waals surface area contributed by atoms with Gasteiger partial charge < -0.3 is 24.7 Å². The van der Waals surface area contributed by atoms with Crippen LogP contribution in [0.25, 0.3) is 0 Å². The molecule has 1 aromatic rings. The molecule has 0 unspecified atom stereocenters. The van der Waals surface area contributed by atoms with E-state index in [1.54, 1.807) is 14.2 Å². The zero-order valence-electron chi connectivity index (χ0n) is 13.0. The third-order valence-corrected chi connectivity index (χ3v) is 2.62. The summed E-state index contributed by atoms with van der Waals surface area (Å²) in [5.41, 5.74) is 6.39. The number of methoxy groups -OCH3 is 2. The van der Waals surface area contributed by atoms with E-state index in [-0.39, 0.29) is 5.60 Å². The van der Waals surface area contributed by atoms with Crippen LogP contribution in [-0.4, -0.2) is 33.0 Å². The second-order valence-corrected chi connectivity index (χ2v) is 5.34. The molecule has 0 saturated carbocycles. The molecule has 2 N–H and O–H groups in total. The summed E-state index contributed by atoms with van der Waals surface area (Å²) in [5.74, 6) is 1.80. The highest BCUT2D eigenvalue weighted by Crippen LogP contribution is 2.38. The van der Waals surface area contributed by atoms with Crippen molar-refractivity contribution in [3.63, 3.8) is 0 Å². The molecule has 5 heteroatoms. The first kappa shape index (κ1) is 16.6. The van der Waals surface area contributed by atoms with Gasteiger partial charge in [-0.1, -0.05) is 0 Å². The molecule has 0 heterocycles. The van der Waals surface area contributed by atoms with E-state index < -0.39 is 0 Å². The maximum absolute atomic E-state index is 5.73. The van der Waals surface area contributed by atoms with E-state index in [1.165, 1.54) is 0 Å². The SMILES string of the molecule is COc1cc(CN)cc(OC)c1OCCOC(C)(C)C. The van der Waals surface area contributed by atoms with E-state index in [2.05, 4.69) is 0 Å². The smallest absolute Gasteiger partial charge is 0.203 e. The Kier molecular flexibility index (Phi) is 6.10. The summed E-state index contributed by atoms with van der Waals surface area (Å²) in [6, 6.07) is 3.70. The van der Waals surface area contributed by atoms with Gasteiger partial charge in [0.25, 0.3) is 0 Å². The largest absolute Gasteiger partial charge is 0.493 e. The second kappa shape index (κ2) is 7.36. The summed E-state index contributed by atoms with van der Waals surface area (Å²) < 4.78 is 22.0. The number of hydrogen-bond acceptors (Lipinski definition) is 5. The highest BCUT2D eigenvalue weighted by Gasteiger charge is 2.15. The molecular weight excluding hydrogens is 258 g/mol. The van der Waals surface area contributed by atoms with Crippen molar-refractivity contribution in [2.24, 2.45) is 5.73 Å². The summed E-state index contributed by atoms with van der Waals surface area (Å²) >= 11 is 0. The van der Waals surface area contributed by atoms with Crippen LogP contribution in [0.1, 0.15) is 26.3 Å². The van der Waals surface area contributed by atoms with Gasteiger partial charge >= 0.3 is 0 Å². The van der Waals surface area contributed by atoms with Crippen LogP contribution < -0.4 is 19.9 Å². The van der Waals surface area contributed by atoms with Crippen molar-refractivity contribution < 1.29 is 18.9 Å². The van der Waals surface area contributed by atoms with Gasteiger partial charge in [0.1, 0.15) is 6.61 Å². The summed E-state index contributed by atoms with van der Waals surface area (Å²) in [7, 11) is 3.18. The Bertz CT molecular complexity index is 401. The van der Waals surface area contributed by atoms with E-state index in [0.29, 0.717) is 37.0 Å². The third kappa shape index (κ3) is 4.90. The number of rotatable bonds is 7. The number of nitrogens with two attached hydrogens (primary N) is 1. The third-order valence-electron chi connectivity index (χ3n) is 2.62. The predicted octanol–water partition coefficient (Wildman–Crippen LogP) is 2.36. The van der Waals surface area contributed by atoms with Gasteiger partial charge in [0.2, 0.25) is 5.75 Å². The maximum Gasteiger partial charge on any atom is 0.203 e. The normalized spacial score (nSPS) is 11.3. The van der Waals surface area contributed by atoms with Crippen LogP contribution in [-0.2, 0) is 11.3 Å². The first-order valence-electron chi connectivity index (χ1n) is 6.63. The number of benzene rings is 1. The molecule has 0 aliphatic carbocycles. The molecule has 5 nitrogen and oxygen atoms in total. The predicted molar refractivity (Wildman–Crippen MR) is 78.6 cm³/mol. The van der Waals surface area contributed by atoms with Gasteiger partial charge in [-0.3, -0.25) is 0 Å². The fourth-order valence-corrected chi connectivity index (χ4v) is 1.69. The van der Waals surface area contributed by atoms with Crippen LogP contribution in [0, 0.1) is 0 Å². The van der Waals surface area contributed by atoms with Gasteiger partial charge in [-0.05, 0) is 38.5 Å². The van der Waals surface area contributed by atoms with Gasteiger partial charge in [-0.2, -0.15) is 0 Å². The Morgan fingerprint density at radius 1 is 1.00 bits per heavy atom. The fraction of sp³-hybridized carbons (Fsp3) is 0.600. The molecule has 0 aliphatic heterocycles. The minimum atomic E-state index is -0.180. The minimum absolute atomic E-state index is 0.180. The second-order valence-electron chi connectivity index (χ2n) is 5.34. The first-order valence-corrected chi connectivity index (χ1v) is 6.63. The molecule has 0 amide bonds. The summed E-state index contributed by atoms with van der Waals surface area (Å²) in [6.45, 7) is 7.35. The van der Waals surface area contributed by atoms with Gasteiger partial charge in [-0.15, -0.1) is 0 Å². The van der Waals surface area contributed by atoms with E-state index in [0.717, 1.165) is 5.56 Å². The van der Waals surface area contributed by atoms with Crippen LogP contribution in [0.3, 0.4) is 0 Å². The highest BCUT2D eigenvalue weighted by atomic mass is 16.6. The van der Waals surface area contributed by atoms with Gasteiger partial charge in [0, 0.05) is 6.54 Å². The Morgan fingerprint density at radius 3 is 1.95 bits per heavy atom. The van der Waals surface area contributed by atoms with Crippen molar-refractivity contribution in [2.45, 2.75) is 32.9 Å². The van der Waals surface area contributed by atoms with E-state index >= 15 is 0 Å². The molecule has 20 heavy (non-hydrogen) atoms. The molecule has 0 atom stereocenters. The number of ether oxygens (including phenoxy) is 4. The summed E-state index contributed by atoms with van der Waals surface area (Å²) in [6.07, 6.45) is 0. The van der Waals surface area contributed by atoms with E-state index in [1.807, 2.05) is 32.9 Å². The molecule has 0 fully saturated rings. The van der Waals surface area contributed by atoms with Gasteiger partial charge in [-0.25, -0.2) is 0 Å². The van der Waals surface area contributed by atoms with Crippen molar-refractivity contribution in [3.05, 3.63) is 17.7 Å². The van der Waals surface area contributed by atoms with E-state index in [4.69, 9.17) is 24.7 Å². The Balaban J connectivity index is 2.77. The van der Waals surface area contributed by atoms with Crippen molar-refractivity contribution in [2.75, 3.05) is 27.4 Å². The monoisotopic (exact) mass is 283 g/mol. The zero-order valence-corrected chi connectivity index (χ0v) is 13.0. The van der Waals surface area contributed by atoms with Crippen LogP contribution in [0.4, 0.5) is 0 Å². The minimum Gasteiger partial charge on any atom is -0.493 e. The molecule has 1 rings (SSSR count). The quantitative estimate of drug-likeness (QED) is 0.778. The standard InChI is InChI=1S/C15H25NO4/c1-15(2,3)20-7-6-19-14-12(17-4)8-11(10-16)9-13(14)18-5/h8-9H,6-7,10,16H2,1-5H3. The highest BCUT2D eigenvalue weighted by molar-refractivity contribution is 5.53. The molecule has 0 bridgehead atoms. The lowest BCUT2D eigenvalue weighted by molar-refractivity contribution is -0.0167. The summed E-state index contributed by atoms with van der Waals surface area (Å²) in [5, 5.41) is 0. The lowest BCUT2D eigenvalue weighted by atomic mass is 10.2. The average molecular weight is 283 g/mol. The van der Waals surface area contributed by atoms with Crippen LogP contribution in [0.15, 0.2) is 12.1 Å². The van der Waals surface area contributed by atoms with Crippen LogP contribution in [0.5, 0.6) is 17.2 Å². The molecular formula is C15H25NO4. The Hall–Kier alpha value is -1.46. The average Bonchev–Trinajstić information content (AvgIpc) is 2.41. The molecule has 114 valence electrons.